The minimum Gasteiger partial charge on any atom is -0.366 e. The van der Waals surface area contributed by atoms with E-state index in [0.29, 0.717) is 11.3 Å². The standard InChI is InChI=1S/C16H19FN2O4S2/c1-24(20,21)11-10-19(12-13-4-2-3-5-16(13)17)14-6-8-15(9-7-14)25(18,22)23/h2-9H,10-12H2,1H3,(H2,18,22,23). The van der Waals surface area contributed by atoms with Crippen LogP contribution in [0.1, 0.15) is 5.56 Å². The summed E-state index contributed by atoms with van der Waals surface area (Å²) >= 11 is 0. The highest BCUT2D eigenvalue weighted by Gasteiger charge is 2.14. The highest BCUT2D eigenvalue weighted by molar-refractivity contribution is 7.90. The number of hydrogen-bond donors (Lipinski definition) is 1. The average Bonchev–Trinajstić information content (AvgIpc) is 2.51. The SMILES string of the molecule is CS(=O)(=O)CCN(Cc1ccccc1F)c1ccc(S(N)(=O)=O)cc1. The van der Waals surface area contributed by atoms with Crippen molar-refractivity contribution in [3.8, 4) is 0 Å². The van der Waals surface area contributed by atoms with Crippen molar-refractivity contribution < 1.29 is 21.2 Å². The fourth-order valence-electron chi connectivity index (χ4n) is 2.25. The maximum absolute atomic E-state index is 13.9. The molecule has 0 bridgehead atoms. The van der Waals surface area contributed by atoms with Crippen molar-refractivity contribution in [1.82, 2.24) is 0 Å². The van der Waals surface area contributed by atoms with E-state index in [2.05, 4.69) is 0 Å². The van der Waals surface area contributed by atoms with Crippen LogP contribution in [-0.4, -0.2) is 35.4 Å². The van der Waals surface area contributed by atoms with E-state index in [1.165, 1.54) is 30.3 Å². The lowest BCUT2D eigenvalue weighted by molar-refractivity contribution is 0.596. The predicted octanol–water partition coefficient (Wildman–Crippen LogP) is 1.52. The van der Waals surface area contributed by atoms with Gasteiger partial charge in [-0.3, -0.25) is 0 Å². The number of sulfone groups is 1. The molecule has 0 fully saturated rings. The van der Waals surface area contributed by atoms with Crippen LogP contribution in [-0.2, 0) is 26.4 Å². The quantitative estimate of drug-likeness (QED) is 0.778. The van der Waals surface area contributed by atoms with Crippen molar-refractivity contribution in [3.05, 3.63) is 59.9 Å². The maximum atomic E-state index is 13.9. The van der Waals surface area contributed by atoms with Gasteiger partial charge in [-0.05, 0) is 30.3 Å². The van der Waals surface area contributed by atoms with Crippen LogP contribution in [0, 0.1) is 5.82 Å². The molecule has 0 spiro atoms. The molecule has 0 unspecified atom stereocenters. The molecule has 2 aromatic rings. The fraction of sp³-hybridized carbons (Fsp3) is 0.250. The number of nitrogens with zero attached hydrogens (tertiary/aromatic N) is 1. The van der Waals surface area contributed by atoms with E-state index in [-0.39, 0.29) is 23.7 Å². The van der Waals surface area contributed by atoms with E-state index in [0.717, 1.165) is 6.26 Å². The van der Waals surface area contributed by atoms with Gasteiger partial charge in [-0.1, -0.05) is 18.2 Å². The zero-order valence-corrected chi connectivity index (χ0v) is 15.2. The molecule has 0 saturated carbocycles. The molecule has 0 radical (unpaired) electrons. The molecule has 136 valence electrons. The second-order valence-electron chi connectivity index (χ2n) is 5.68. The lowest BCUT2D eigenvalue weighted by Gasteiger charge is -2.25. The normalized spacial score (nSPS) is 12.1. The molecular formula is C16H19FN2O4S2. The van der Waals surface area contributed by atoms with Crippen LogP contribution in [0.15, 0.2) is 53.4 Å². The summed E-state index contributed by atoms with van der Waals surface area (Å²) < 4.78 is 59.6. The van der Waals surface area contributed by atoms with E-state index in [1.54, 1.807) is 23.1 Å². The van der Waals surface area contributed by atoms with E-state index in [1.807, 2.05) is 0 Å². The van der Waals surface area contributed by atoms with E-state index >= 15 is 0 Å². The van der Waals surface area contributed by atoms with E-state index in [4.69, 9.17) is 5.14 Å². The third kappa shape index (κ3) is 5.80. The molecular weight excluding hydrogens is 367 g/mol. The Labute approximate surface area is 147 Å². The highest BCUT2D eigenvalue weighted by Crippen LogP contribution is 2.21. The van der Waals surface area contributed by atoms with Gasteiger partial charge in [0.1, 0.15) is 15.7 Å². The van der Waals surface area contributed by atoms with Crippen molar-refractivity contribution in [2.24, 2.45) is 5.14 Å². The van der Waals surface area contributed by atoms with Crippen LogP contribution in [0.5, 0.6) is 0 Å². The Hall–Kier alpha value is -1.97. The predicted molar refractivity (Wildman–Crippen MR) is 95.0 cm³/mol. The lowest BCUT2D eigenvalue weighted by Crippen LogP contribution is -2.29. The Balaban J connectivity index is 2.32. The Morgan fingerprint density at radius 2 is 1.60 bits per heavy atom. The minimum absolute atomic E-state index is 0.0507. The van der Waals surface area contributed by atoms with Crippen LogP contribution in [0.25, 0.3) is 0 Å². The van der Waals surface area contributed by atoms with Gasteiger partial charge in [-0.15, -0.1) is 0 Å². The summed E-state index contributed by atoms with van der Waals surface area (Å²) in [6.07, 6.45) is 1.12. The molecule has 6 nitrogen and oxygen atoms in total. The molecule has 2 aromatic carbocycles. The molecule has 0 atom stereocenters. The first-order valence-corrected chi connectivity index (χ1v) is 11.0. The van der Waals surface area contributed by atoms with Gasteiger partial charge < -0.3 is 4.90 Å². The Bertz CT molecular complexity index is 942. The molecule has 25 heavy (non-hydrogen) atoms. The van der Waals surface area contributed by atoms with Crippen LogP contribution >= 0.6 is 0 Å². The van der Waals surface area contributed by atoms with Gasteiger partial charge in [0.2, 0.25) is 10.0 Å². The third-order valence-electron chi connectivity index (χ3n) is 3.58. The van der Waals surface area contributed by atoms with Crippen molar-refractivity contribution in [2.75, 3.05) is 23.5 Å². The summed E-state index contributed by atoms with van der Waals surface area (Å²) in [7, 11) is -7.03. The fourth-order valence-corrected chi connectivity index (χ4v) is 3.32. The number of benzene rings is 2. The minimum atomic E-state index is -3.82. The number of sulfonamides is 1. The van der Waals surface area contributed by atoms with Gasteiger partial charge in [0.15, 0.2) is 0 Å². The van der Waals surface area contributed by atoms with Gasteiger partial charge in [-0.2, -0.15) is 0 Å². The number of rotatable bonds is 7. The highest BCUT2D eigenvalue weighted by atomic mass is 32.2. The third-order valence-corrected chi connectivity index (χ3v) is 5.43. The number of primary sulfonamides is 1. The number of nitrogens with two attached hydrogens (primary N) is 1. The van der Waals surface area contributed by atoms with Gasteiger partial charge in [0.25, 0.3) is 0 Å². The zero-order chi connectivity index (χ0) is 18.7. The van der Waals surface area contributed by atoms with E-state index in [9.17, 15) is 21.2 Å². The summed E-state index contributed by atoms with van der Waals surface area (Å²) in [6, 6.07) is 11.9. The maximum Gasteiger partial charge on any atom is 0.238 e. The second kappa shape index (κ2) is 7.51. The van der Waals surface area contributed by atoms with Crippen LogP contribution in [0.2, 0.25) is 0 Å². The van der Waals surface area contributed by atoms with Crippen molar-refractivity contribution >= 4 is 25.5 Å². The van der Waals surface area contributed by atoms with Gasteiger partial charge in [-0.25, -0.2) is 26.4 Å². The molecule has 0 aliphatic heterocycles. The van der Waals surface area contributed by atoms with Crippen molar-refractivity contribution in [2.45, 2.75) is 11.4 Å². The Morgan fingerprint density at radius 3 is 2.12 bits per heavy atom. The first-order chi connectivity index (χ1) is 11.6. The average molecular weight is 386 g/mol. The first kappa shape index (κ1) is 19.4. The lowest BCUT2D eigenvalue weighted by atomic mass is 10.2. The van der Waals surface area contributed by atoms with E-state index < -0.39 is 25.7 Å². The molecule has 9 heteroatoms. The molecule has 0 aliphatic carbocycles. The monoisotopic (exact) mass is 386 g/mol. The van der Waals surface area contributed by atoms with Crippen LogP contribution < -0.4 is 10.0 Å². The molecule has 0 aliphatic rings. The smallest absolute Gasteiger partial charge is 0.238 e. The summed E-state index contributed by atoms with van der Waals surface area (Å²) in [4.78, 5) is 1.62. The van der Waals surface area contributed by atoms with Gasteiger partial charge in [0, 0.05) is 30.6 Å². The molecule has 2 N–H and O–H groups in total. The molecule has 2 rings (SSSR count). The Morgan fingerprint density at radius 1 is 1.00 bits per heavy atom. The number of anilines is 1. The van der Waals surface area contributed by atoms with Crippen molar-refractivity contribution in [1.29, 1.82) is 0 Å². The molecule has 0 amide bonds. The number of halogens is 1. The molecule has 0 aromatic heterocycles. The first-order valence-electron chi connectivity index (χ1n) is 7.35. The van der Waals surface area contributed by atoms with Crippen LogP contribution in [0.3, 0.4) is 0 Å². The molecule has 0 saturated heterocycles. The summed E-state index contributed by atoms with van der Waals surface area (Å²) in [5, 5.41) is 5.07. The summed E-state index contributed by atoms with van der Waals surface area (Å²) in [6.45, 7) is 0.290. The van der Waals surface area contributed by atoms with Crippen LogP contribution in [0.4, 0.5) is 10.1 Å². The molecule has 0 heterocycles. The zero-order valence-electron chi connectivity index (χ0n) is 13.6. The number of hydrogen-bond acceptors (Lipinski definition) is 5. The second-order valence-corrected chi connectivity index (χ2v) is 9.50. The largest absolute Gasteiger partial charge is 0.366 e. The van der Waals surface area contributed by atoms with Gasteiger partial charge in [0.05, 0.1) is 10.6 Å². The van der Waals surface area contributed by atoms with Gasteiger partial charge >= 0.3 is 0 Å². The summed E-state index contributed by atoms with van der Waals surface area (Å²) in [5.41, 5.74) is 0.978. The Kier molecular flexibility index (Phi) is 5.81. The topological polar surface area (TPSA) is 97.5 Å². The summed E-state index contributed by atoms with van der Waals surface area (Å²) in [5.74, 6) is -0.508. The van der Waals surface area contributed by atoms with Crippen molar-refractivity contribution in [3.63, 3.8) is 0 Å².